The Morgan fingerprint density at radius 1 is 0.842 bits per heavy atom. The highest BCUT2D eigenvalue weighted by molar-refractivity contribution is 6.12. The number of rotatable bonds is 8. The van der Waals surface area contributed by atoms with E-state index in [1.165, 1.54) is 40.6 Å². The van der Waals surface area contributed by atoms with E-state index in [0.29, 0.717) is 39.8 Å². The third-order valence-electron chi connectivity index (χ3n) is 6.30. The second-order valence-corrected chi connectivity index (χ2v) is 8.45. The predicted molar refractivity (Wildman–Crippen MR) is 145 cm³/mol. The lowest BCUT2D eigenvalue weighted by Crippen LogP contribution is -2.00. The Balaban J connectivity index is 1.62. The Hall–Kier alpha value is -4.85. The van der Waals surface area contributed by atoms with E-state index in [2.05, 4.69) is 4.98 Å². The quantitative estimate of drug-likeness (QED) is 0.190. The summed E-state index contributed by atoms with van der Waals surface area (Å²) in [6.45, 7) is 0. The molecular formula is C30H25FN2O5. The second-order valence-electron chi connectivity index (χ2n) is 8.45. The van der Waals surface area contributed by atoms with Crippen LogP contribution in [0.2, 0.25) is 0 Å². The largest absolute Gasteiger partial charge is 0.494 e. The van der Waals surface area contributed by atoms with Gasteiger partial charge < -0.3 is 23.9 Å². The van der Waals surface area contributed by atoms with E-state index in [-0.39, 0.29) is 11.5 Å². The first-order valence-corrected chi connectivity index (χ1v) is 11.7. The molecular weight excluding hydrogens is 487 g/mol. The third kappa shape index (κ3) is 4.41. The van der Waals surface area contributed by atoms with Crippen molar-refractivity contribution >= 4 is 33.7 Å². The number of allylic oxidation sites excluding steroid dienone is 1. The Kier molecular flexibility index (Phi) is 6.70. The normalized spacial score (nSPS) is 11.3. The first-order valence-electron chi connectivity index (χ1n) is 11.7. The van der Waals surface area contributed by atoms with Crippen molar-refractivity contribution in [3.05, 3.63) is 83.8 Å². The van der Waals surface area contributed by atoms with Gasteiger partial charge in [0.2, 0.25) is 5.75 Å². The van der Waals surface area contributed by atoms with Crippen LogP contribution in [0.5, 0.6) is 23.0 Å². The second kappa shape index (κ2) is 10.3. The molecule has 2 heterocycles. The highest BCUT2D eigenvalue weighted by Gasteiger charge is 2.17. The number of nitrogens with zero attached hydrogens (tertiary/aromatic N) is 1. The van der Waals surface area contributed by atoms with E-state index >= 15 is 0 Å². The zero-order valence-corrected chi connectivity index (χ0v) is 21.3. The van der Waals surface area contributed by atoms with Gasteiger partial charge in [-0.05, 0) is 54.6 Å². The molecule has 0 spiro atoms. The smallest absolute Gasteiger partial charge is 0.203 e. The number of hydrogen-bond acceptors (Lipinski definition) is 6. The van der Waals surface area contributed by atoms with Crippen molar-refractivity contribution in [2.45, 2.75) is 0 Å². The van der Waals surface area contributed by atoms with Crippen molar-refractivity contribution in [1.82, 2.24) is 9.97 Å². The summed E-state index contributed by atoms with van der Waals surface area (Å²) in [7, 11) is 5.91. The molecule has 2 aromatic heterocycles. The van der Waals surface area contributed by atoms with Crippen molar-refractivity contribution in [2.75, 3.05) is 28.4 Å². The molecule has 38 heavy (non-hydrogen) atoms. The molecule has 0 saturated carbocycles. The van der Waals surface area contributed by atoms with E-state index in [4.69, 9.17) is 23.9 Å². The van der Waals surface area contributed by atoms with Gasteiger partial charge in [0.15, 0.2) is 28.8 Å². The molecule has 0 unspecified atom stereocenters. The van der Waals surface area contributed by atoms with Gasteiger partial charge in [-0.15, -0.1) is 0 Å². The first-order chi connectivity index (χ1) is 18.5. The molecule has 0 saturated heterocycles. The van der Waals surface area contributed by atoms with Crippen LogP contribution in [0.15, 0.2) is 66.7 Å². The van der Waals surface area contributed by atoms with Crippen LogP contribution in [-0.4, -0.2) is 44.2 Å². The number of benzene rings is 3. The van der Waals surface area contributed by atoms with Crippen LogP contribution >= 0.6 is 0 Å². The maximum atomic E-state index is 14.1. The molecule has 0 aliphatic heterocycles. The van der Waals surface area contributed by atoms with Crippen molar-refractivity contribution in [3.8, 4) is 34.3 Å². The molecule has 0 aliphatic rings. The van der Waals surface area contributed by atoms with Gasteiger partial charge in [0.1, 0.15) is 0 Å². The van der Waals surface area contributed by atoms with Crippen molar-refractivity contribution in [3.63, 3.8) is 0 Å². The molecule has 0 atom stereocenters. The molecule has 0 radical (unpaired) electrons. The Bertz CT molecular complexity index is 1680. The summed E-state index contributed by atoms with van der Waals surface area (Å²) >= 11 is 0. The molecule has 0 amide bonds. The maximum Gasteiger partial charge on any atom is 0.203 e. The highest BCUT2D eigenvalue weighted by atomic mass is 19.1. The molecule has 0 bridgehead atoms. The average Bonchev–Trinajstić information content (AvgIpc) is 3.33. The number of aromatic amines is 1. The van der Waals surface area contributed by atoms with Crippen LogP contribution in [0.4, 0.5) is 4.39 Å². The topological polar surface area (TPSA) is 82.7 Å². The molecule has 0 aliphatic carbocycles. The summed E-state index contributed by atoms with van der Waals surface area (Å²) in [5, 5.41) is 1.93. The zero-order valence-electron chi connectivity index (χ0n) is 21.3. The highest BCUT2D eigenvalue weighted by Crippen LogP contribution is 2.39. The number of fused-ring (bicyclic) bond motifs is 3. The lowest BCUT2D eigenvalue weighted by Gasteiger charge is -2.13. The Morgan fingerprint density at radius 3 is 2.24 bits per heavy atom. The Morgan fingerprint density at radius 2 is 1.55 bits per heavy atom. The zero-order chi connectivity index (χ0) is 26.8. The van der Waals surface area contributed by atoms with Gasteiger partial charge in [-0.25, -0.2) is 9.37 Å². The fourth-order valence-electron chi connectivity index (χ4n) is 4.45. The number of ketones is 1. The van der Waals surface area contributed by atoms with Gasteiger partial charge in [0, 0.05) is 27.4 Å². The fourth-order valence-corrected chi connectivity index (χ4v) is 4.45. The van der Waals surface area contributed by atoms with E-state index in [1.807, 2.05) is 30.3 Å². The lowest BCUT2D eigenvalue weighted by molar-refractivity contribution is 0.104. The summed E-state index contributed by atoms with van der Waals surface area (Å²) in [4.78, 5) is 21.4. The monoisotopic (exact) mass is 512 g/mol. The average molecular weight is 513 g/mol. The minimum Gasteiger partial charge on any atom is -0.494 e. The molecule has 192 valence electrons. The molecule has 7 nitrogen and oxygen atoms in total. The summed E-state index contributed by atoms with van der Waals surface area (Å²) in [6.07, 6.45) is 3.09. The van der Waals surface area contributed by atoms with E-state index in [0.717, 1.165) is 21.8 Å². The standard InChI is InChI=1S/C30H25FN2O5/c1-35-25-13-17(9-11-22(25)31)28-29-21(20-7-5-6-8-23(20)33-29)16-19(32-28)10-12-24(34)18-14-26(36-2)30(38-4)27(15-18)37-3/h5-16,33H,1-4H3/b12-10+. The number of carbonyl (C=O) groups excluding carboxylic acids is 1. The minimum absolute atomic E-state index is 0.118. The van der Waals surface area contributed by atoms with Gasteiger partial charge in [0.25, 0.3) is 0 Å². The van der Waals surface area contributed by atoms with Crippen LogP contribution in [0, 0.1) is 5.82 Å². The van der Waals surface area contributed by atoms with Crippen LogP contribution in [-0.2, 0) is 0 Å². The molecule has 0 fully saturated rings. The maximum absolute atomic E-state index is 14.1. The number of H-pyrrole nitrogens is 1. The van der Waals surface area contributed by atoms with Gasteiger partial charge in [0.05, 0.1) is 45.3 Å². The van der Waals surface area contributed by atoms with Gasteiger partial charge >= 0.3 is 0 Å². The first kappa shape index (κ1) is 24.8. The number of methoxy groups -OCH3 is 4. The van der Waals surface area contributed by atoms with E-state index in [9.17, 15) is 9.18 Å². The van der Waals surface area contributed by atoms with Crippen LogP contribution in [0.1, 0.15) is 16.1 Å². The number of carbonyl (C=O) groups is 1. The van der Waals surface area contributed by atoms with Crippen molar-refractivity contribution < 1.29 is 28.1 Å². The summed E-state index contributed by atoms with van der Waals surface area (Å²) < 4.78 is 35.4. The number of aromatic nitrogens is 2. The SMILES string of the molecule is COc1cc(-c2nc(/C=C/C(=O)c3cc(OC)c(OC)c(OC)c3)cc3c2[nH]c2ccccc23)ccc1F. The molecule has 5 aromatic rings. The fraction of sp³-hybridized carbons (Fsp3) is 0.133. The lowest BCUT2D eigenvalue weighted by atomic mass is 10.0. The number of nitrogens with one attached hydrogen (secondary N) is 1. The third-order valence-corrected chi connectivity index (χ3v) is 6.30. The van der Waals surface area contributed by atoms with Gasteiger partial charge in [-0.1, -0.05) is 18.2 Å². The van der Waals surface area contributed by atoms with Gasteiger partial charge in [-0.3, -0.25) is 4.79 Å². The number of hydrogen-bond donors (Lipinski definition) is 1. The number of para-hydroxylation sites is 1. The number of pyridine rings is 1. The number of halogens is 1. The molecule has 5 rings (SSSR count). The summed E-state index contributed by atoms with van der Waals surface area (Å²) in [5.74, 6) is 0.559. The number of ether oxygens (including phenoxy) is 4. The Labute approximate surface area is 218 Å². The van der Waals surface area contributed by atoms with Crippen LogP contribution in [0.3, 0.4) is 0 Å². The van der Waals surface area contributed by atoms with E-state index < -0.39 is 5.82 Å². The minimum atomic E-state index is -0.462. The van der Waals surface area contributed by atoms with Crippen molar-refractivity contribution in [2.24, 2.45) is 0 Å². The van der Waals surface area contributed by atoms with Crippen molar-refractivity contribution in [1.29, 1.82) is 0 Å². The van der Waals surface area contributed by atoms with Crippen LogP contribution in [0.25, 0.3) is 39.1 Å². The van der Waals surface area contributed by atoms with Gasteiger partial charge in [-0.2, -0.15) is 0 Å². The summed E-state index contributed by atoms with van der Waals surface area (Å²) in [6, 6.07) is 17.6. The summed E-state index contributed by atoms with van der Waals surface area (Å²) in [5.41, 5.74) is 3.94. The van der Waals surface area contributed by atoms with E-state index in [1.54, 1.807) is 30.3 Å². The van der Waals surface area contributed by atoms with Crippen LogP contribution < -0.4 is 18.9 Å². The molecule has 8 heteroatoms. The molecule has 3 aromatic carbocycles. The predicted octanol–water partition coefficient (Wildman–Crippen LogP) is 6.45. The molecule has 1 N–H and O–H groups in total.